The maximum absolute atomic E-state index is 3.21. The Morgan fingerprint density at radius 3 is 2.25 bits per heavy atom. The standard InChI is InChI=1S/C15H24N/c1-4-6-11-16(12-7-5-2)15-10-8-9-14(3)13-15/h8,10,13H,4-7,11-12H2,1-3H3. The molecule has 0 saturated carbocycles. The smallest absolute Gasteiger partial charge is 0.0369 e. The van der Waals surface area contributed by atoms with E-state index in [4.69, 9.17) is 0 Å². The predicted molar refractivity (Wildman–Crippen MR) is 72.0 cm³/mol. The Bertz CT molecular complexity index is 285. The average molecular weight is 218 g/mol. The highest BCUT2D eigenvalue weighted by Crippen LogP contribution is 2.17. The fourth-order valence-corrected chi connectivity index (χ4v) is 1.83. The average Bonchev–Trinajstić information content (AvgIpc) is 2.29. The highest BCUT2D eigenvalue weighted by atomic mass is 15.1. The van der Waals surface area contributed by atoms with Gasteiger partial charge in [0, 0.05) is 18.8 Å². The van der Waals surface area contributed by atoms with Gasteiger partial charge < -0.3 is 4.90 Å². The summed E-state index contributed by atoms with van der Waals surface area (Å²) in [5.41, 5.74) is 2.59. The first-order valence-corrected chi connectivity index (χ1v) is 6.51. The number of aryl methyl sites for hydroxylation is 1. The highest BCUT2D eigenvalue weighted by Gasteiger charge is 2.05. The molecular weight excluding hydrogens is 194 g/mol. The van der Waals surface area contributed by atoms with Crippen molar-refractivity contribution in [2.24, 2.45) is 0 Å². The summed E-state index contributed by atoms with van der Waals surface area (Å²) in [5.74, 6) is 0. The van der Waals surface area contributed by atoms with Gasteiger partial charge in [-0.1, -0.05) is 32.8 Å². The molecule has 0 bridgehead atoms. The van der Waals surface area contributed by atoms with E-state index in [9.17, 15) is 0 Å². The van der Waals surface area contributed by atoms with E-state index < -0.39 is 0 Å². The third kappa shape index (κ3) is 4.26. The zero-order valence-corrected chi connectivity index (χ0v) is 10.9. The molecule has 1 aromatic carbocycles. The molecule has 1 rings (SSSR count). The van der Waals surface area contributed by atoms with Crippen molar-refractivity contribution < 1.29 is 0 Å². The van der Waals surface area contributed by atoms with Crippen molar-refractivity contribution >= 4 is 5.69 Å². The molecule has 0 amide bonds. The van der Waals surface area contributed by atoms with Gasteiger partial charge >= 0.3 is 0 Å². The van der Waals surface area contributed by atoms with E-state index >= 15 is 0 Å². The van der Waals surface area contributed by atoms with Gasteiger partial charge in [0.15, 0.2) is 0 Å². The van der Waals surface area contributed by atoms with Crippen LogP contribution in [0.15, 0.2) is 18.2 Å². The zero-order chi connectivity index (χ0) is 11.8. The second kappa shape index (κ2) is 7.32. The van der Waals surface area contributed by atoms with Crippen molar-refractivity contribution in [1.82, 2.24) is 0 Å². The Kier molecular flexibility index (Phi) is 5.99. The molecule has 0 aliphatic carbocycles. The van der Waals surface area contributed by atoms with Crippen LogP contribution in [0, 0.1) is 13.0 Å². The van der Waals surface area contributed by atoms with Crippen LogP contribution in [0.25, 0.3) is 0 Å². The largest absolute Gasteiger partial charge is 0.372 e. The molecule has 0 unspecified atom stereocenters. The molecule has 0 fully saturated rings. The fourth-order valence-electron chi connectivity index (χ4n) is 1.83. The number of hydrogen-bond acceptors (Lipinski definition) is 1. The van der Waals surface area contributed by atoms with Gasteiger partial charge in [-0.05, 0) is 43.5 Å². The van der Waals surface area contributed by atoms with Crippen LogP contribution in [0.1, 0.15) is 45.1 Å². The molecule has 16 heavy (non-hydrogen) atoms. The van der Waals surface area contributed by atoms with E-state index in [-0.39, 0.29) is 0 Å². The molecule has 0 spiro atoms. The van der Waals surface area contributed by atoms with Crippen LogP contribution < -0.4 is 4.90 Å². The van der Waals surface area contributed by atoms with E-state index in [1.54, 1.807) is 0 Å². The number of hydrogen-bond donors (Lipinski definition) is 0. The molecule has 0 aromatic heterocycles. The number of unbranched alkanes of at least 4 members (excludes halogenated alkanes) is 2. The summed E-state index contributed by atoms with van der Waals surface area (Å²) in [6.07, 6.45) is 5.09. The lowest BCUT2D eigenvalue weighted by Gasteiger charge is -2.25. The van der Waals surface area contributed by atoms with Gasteiger partial charge in [0.2, 0.25) is 0 Å². The minimum Gasteiger partial charge on any atom is -0.372 e. The van der Waals surface area contributed by atoms with Crippen LogP contribution in [0.2, 0.25) is 0 Å². The fraction of sp³-hybridized carbons (Fsp3) is 0.600. The van der Waals surface area contributed by atoms with E-state index in [1.165, 1.54) is 50.0 Å². The van der Waals surface area contributed by atoms with E-state index in [0.29, 0.717) is 0 Å². The maximum Gasteiger partial charge on any atom is 0.0369 e. The van der Waals surface area contributed by atoms with Crippen molar-refractivity contribution in [2.75, 3.05) is 18.0 Å². The minimum absolute atomic E-state index is 1.18. The summed E-state index contributed by atoms with van der Waals surface area (Å²) >= 11 is 0. The Morgan fingerprint density at radius 2 is 1.75 bits per heavy atom. The van der Waals surface area contributed by atoms with Crippen LogP contribution in [-0.2, 0) is 0 Å². The molecule has 1 heteroatoms. The molecule has 0 N–H and O–H groups in total. The Hall–Kier alpha value is -0.980. The summed E-state index contributed by atoms with van der Waals surface area (Å²) in [5, 5.41) is 0. The summed E-state index contributed by atoms with van der Waals surface area (Å²) < 4.78 is 0. The molecule has 0 atom stereocenters. The van der Waals surface area contributed by atoms with Gasteiger partial charge in [-0.15, -0.1) is 0 Å². The molecule has 0 saturated heterocycles. The number of anilines is 1. The summed E-state index contributed by atoms with van der Waals surface area (Å²) in [7, 11) is 0. The van der Waals surface area contributed by atoms with Gasteiger partial charge in [0.25, 0.3) is 0 Å². The molecular formula is C15H24N. The highest BCUT2D eigenvalue weighted by molar-refractivity contribution is 5.47. The maximum atomic E-state index is 3.21. The van der Waals surface area contributed by atoms with Crippen LogP contribution >= 0.6 is 0 Å². The molecule has 1 nitrogen and oxygen atoms in total. The van der Waals surface area contributed by atoms with E-state index in [2.05, 4.69) is 43.9 Å². The van der Waals surface area contributed by atoms with Gasteiger partial charge in [0.05, 0.1) is 0 Å². The normalized spacial score (nSPS) is 10.4. The molecule has 0 aliphatic rings. The SMILES string of the molecule is CCCCN(CCCC)c1cc[c]c(C)c1. The van der Waals surface area contributed by atoms with Crippen molar-refractivity contribution in [3.63, 3.8) is 0 Å². The molecule has 0 aliphatic heterocycles. The van der Waals surface area contributed by atoms with Crippen molar-refractivity contribution in [3.8, 4) is 0 Å². The second-order valence-corrected chi connectivity index (χ2v) is 4.42. The summed E-state index contributed by atoms with van der Waals surface area (Å²) in [6.45, 7) is 8.98. The first-order valence-electron chi connectivity index (χ1n) is 6.51. The van der Waals surface area contributed by atoms with E-state index in [1.807, 2.05) is 6.07 Å². The topological polar surface area (TPSA) is 3.24 Å². The van der Waals surface area contributed by atoms with Gasteiger partial charge in [-0.2, -0.15) is 0 Å². The molecule has 1 radical (unpaired) electrons. The predicted octanol–water partition coefficient (Wildman–Crippen LogP) is 4.20. The van der Waals surface area contributed by atoms with Gasteiger partial charge in [-0.3, -0.25) is 0 Å². The lowest BCUT2D eigenvalue weighted by atomic mass is 10.2. The van der Waals surface area contributed by atoms with Crippen LogP contribution in [-0.4, -0.2) is 13.1 Å². The van der Waals surface area contributed by atoms with Gasteiger partial charge in [0.1, 0.15) is 0 Å². The van der Waals surface area contributed by atoms with Crippen molar-refractivity contribution in [1.29, 1.82) is 0 Å². The third-order valence-corrected chi connectivity index (χ3v) is 2.86. The molecule has 0 heterocycles. The van der Waals surface area contributed by atoms with Crippen molar-refractivity contribution in [2.45, 2.75) is 46.5 Å². The Labute approximate surface area is 100 Å². The number of nitrogens with zero attached hydrogens (tertiary/aromatic N) is 1. The summed E-state index contributed by atoms with van der Waals surface area (Å²) in [6, 6.07) is 9.67. The van der Waals surface area contributed by atoms with E-state index in [0.717, 1.165) is 0 Å². The zero-order valence-electron chi connectivity index (χ0n) is 10.9. The quantitative estimate of drug-likeness (QED) is 0.663. The van der Waals surface area contributed by atoms with Crippen molar-refractivity contribution in [3.05, 3.63) is 29.8 Å². The minimum atomic E-state index is 1.18. The first-order chi connectivity index (χ1) is 7.77. The molecule has 1 aromatic rings. The monoisotopic (exact) mass is 218 g/mol. The number of rotatable bonds is 7. The second-order valence-electron chi connectivity index (χ2n) is 4.42. The first kappa shape index (κ1) is 13.1. The molecule has 89 valence electrons. The Morgan fingerprint density at radius 1 is 1.12 bits per heavy atom. The Balaban J connectivity index is 2.66. The summed E-state index contributed by atoms with van der Waals surface area (Å²) in [4.78, 5) is 2.51. The van der Waals surface area contributed by atoms with Gasteiger partial charge in [-0.25, -0.2) is 0 Å². The third-order valence-electron chi connectivity index (χ3n) is 2.86. The lowest BCUT2D eigenvalue weighted by Crippen LogP contribution is -2.25. The van der Waals surface area contributed by atoms with Crippen LogP contribution in [0.4, 0.5) is 5.69 Å². The number of benzene rings is 1. The van der Waals surface area contributed by atoms with Crippen LogP contribution in [0.3, 0.4) is 0 Å². The van der Waals surface area contributed by atoms with Crippen LogP contribution in [0.5, 0.6) is 0 Å². The lowest BCUT2D eigenvalue weighted by molar-refractivity contribution is 0.678.